The number of ether oxygens (including phenoxy) is 1. The monoisotopic (exact) mass is 482 g/mol. The van der Waals surface area contributed by atoms with Crippen molar-refractivity contribution in [2.24, 2.45) is 5.92 Å². The van der Waals surface area contributed by atoms with Crippen LogP contribution in [0.15, 0.2) is 71.6 Å². The molecule has 0 aliphatic carbocycles. The first-order valence-corrected chi connectivity index (χ1v) is 12.7. The van der Waals surface area contributed by atoms with E-state index in [1.807, 2.05) is 54.4 Å². The van der Waals surface area contributed by atoms with Crippen molar-refractivity contribution in [3.63, 3.8) is 0 Å². The van der Waals surface area contributed by atoms with Gasteiger partial charge in [-0.1, -0.05) is 30.3 Å². The summed E-state index contributed by atoms with van der Waals surface area (Å²) in [7, 11) is -0.532. The molecule has 3 atom stereocenters. The Morgan fingerprint density at radius 2 is 1.76 bits per heavy atom. The van der Waals surface area contributed by atoms with Gasteiger partial charge in [0.1, 0.15) is 16.5 Å². The fourth-order valence-corrected chi connectivity index (χ4v) is 7.16. The van der Waals surface area contributed by atoms with E-state index >= 15 is 0 Å². The van der Waals surface area contributed by atoms with Crippen LogP contribution in [-0.4, -0.2) is 51.2 Å². The number of anilines is 1. The molecule has 1 saturated heterocycles. The van der Waals surface area contributed by atoms with Crippen molar-refractivity contribution >= 4 is 15.7 Å². The Hall–Kier alpha value is -2.94. The van der Waals surface area contributed by atoms with Crippen molar-refractivity contribution in [3.8, 4) is 16.9 Å². The summed E-state index contributed by atoms with van der Waals surface area (Å²) in [5, 5.41) is 10.2. The molecule has 178 valence electrons. The number of halogens is 1. The Morgan fingerprint density at radius 3 is 2.44 bits per heavy atom. The van der Waals surface area contributed by atoms with Crippen LogP contribution in [0.5, 0.6) is 5.75 Å². The van der Waals surface area contributed by atoms with Crippen LogP contribution in [0.4, 0.5) is 10.1 Å². The Morgan fingerprint density at radius 1 is 1.06 bits per heavy atom. The number of aliphatic hydroxyl groups is 1. The lowest BCUT2D eigenvalue weighted by Gasteiger charge is -2.44. The number of rotatable bonds is 5. The highest BCUT2D eigenvalue weighted by atomic mass is 32.2. The number of nitrogens with zero attached hydrogens (tertiary/aromatic N) is 2. The first-order chi connectivity index (χ1) is 16.4. The van der Waals surface area contributed by atoms with Crippen molar-refractivity contribution in [1.82, 2.24) is 4.31 Å². The number of likely N-dealkylation sites (N-methyl/N-ethyl adjacent to an activating group) is 1. The molecule has 0 amide bonds. The second-order valence-corrected chi connectivity index (χ2v) is 10.7. The first-order valence-electron chi connectivity index (χ1n) is 11.2. The maximum atomic E-state index is 14.5. The highest BCUT2D eigenvalue weighted by Gasteiger charge is 2.50. The van der Waals surface area contributed by atoms with Crippen LogP contribution in [0.25, 0.3) is 11.1 Å². The topological polar surface area (TPSA) is 70.1 Å². The van der Waals surface area contributed by atoms with E-state index in [9.17, 15) is 17.9 Å². The van der Waals surface area contributed by atoms with Crippen LogP contribution in [0.2, 0.25) is 0 Å². The van der Waals surface area contributed by atoms with Crippen molar-refractivity contribution in [1.29, 1.82) is 0 Å². The summed E-state index contributed by atoms with van der Waals surface area (Å²) in [5.41, 5.74) is 3.66. The molecule has 5 rings (SSSR count). The molecule has 0 saturated carbocycles. The van der Waals surface area contributed by atoms with E-state index in [0.29, 0.717) is 6.42 Å². The smallest absolute Gasteiger partial charge is 0.246 e. The minimum absolute atomic E-state index is 0.0923. The van der Waals surface area contributed by atoms with E-state index in [1.54, 1.807) is 7.11 Å². The van der Waals surface area contributed by atoms with Gasteiger partial charge in [0.05, 0.1) is 25.8 Å². The molecule has 0 unspecified atom stereocenters. The Bertz CT molecular complexity index is 1310. The third-order valence-corrected chi connectivity index (χ3v) is 9.06. The molecule has 0 bridgehead atoms. The van der Waals surface area contributed by atoms with Gasteiger partial charge in [-0.2, -0.15) is 4.31 Å². The van der Waals surface area contributed by atoms with Gasteiger partial charge in [0.15, 0.2) is 0 Å². The number of hydrogen-bond acceptors (Lipinski definition) is 5. The van der Waals surface area contributed by atoms with E-state index in [0.717, 1.165) is 28.1 Å². The molecule has 34 heavy (non-hydrogen) atoms. The molecule has 2 heterocycles. The SMILES string of the molecule is COc1ccc(-c2ccc3c(c2)[C@@H]2[C@@H](CCN2S(=O)(=O)c2ccccc2F)[C@H](CO)N3C)cc1. The molecule has 3 aromatic rings. The highest BCUT2D eigenvalue weighted by molar-refractivity contribution is 7.89. The van der Waals surface area contributed by atoms with Crippen LogP contribution in [-0.2, 0) is 10.0 Å². The van der Waals surface area contributed by atoms with Gasteiger partial charge in [0.2, 0.25) is 10.0 Å². The molecular formula is C26H27FN2O4S. The quantitative estimate of drug-likeness (QED) is 0.594. The number of benzene rings is 3. The van der Waals surface area contributed by atoms with E-state index < -0.39 is 21.9 Å². The third-order valence-electron chi connectivity index (χ3n) is 7.15. The zero-order chi connectivity index (χ0) is 24.0. The van der Waals surface area contributed by atoms with Gasteiger partial charge in [-0.15, -0.1) is 0 Å². The lowest BCUT2D eigenvalue weighted by molar-refractivity contribution is 0.193. The highest BCUT2D eigenvalue weighted by Crippen LogP contribution is 2.51. The fourth-order valence-electron chi connectivity index (χ4n) is 5.42. The zero-order valence-electron chi connectivity index (χ0n) is 19.1. The van der Waals surface area contributed by atoms with Gasteiger partial charge < -0.3 is 14.7 Å². The Kier molecular flexibility index (Phi) is 5.83. The fraction of sp³-hybridized carbons (Fsp3) is 0.308. The maximum Gasteiger partial charge on any atom is 0.246 e. The third kappa shape index (κ3) is 3.57. The molecule has 0 aromatic heterocycles. The zero-order valence-corrected chi connectivity index (χ0v) is 19.9. The molecule has 6 nitrogen and oxygen atoms in total. The van der Waals surface area contributed by atoms with Gasteiger partial charge in [0.25, 0.3) is 0 Å². The van der Waals surface area contributed by atoms with Gasteiger partial charge >= 0.3 is 0 Å². The van der Waals surface area contributed by atoms with E-state index in [1.165, 1.54) is 28.6 Å². The second kappa shape index (κ2) is 8.69. The van der Waals surface area contributed by atoms with E-state index in [2.05, 4.69) is 0 Å². The molecule has 1 fully saturated rings. The normalized spacial score (nSPS) is 22.4. The van der Waals surface area contributed by atoms with Crippen molar-refractivity contribution in [2.75, 3.05) is 32.2 Å². The van der Waals surface area contributed by atoms with Crippen LogP contribution in [0.3, 0.4) is 0 Å². The van der Waals surface area contributed by atoms with Gasteiger partial charge in [-0.25, -0.2) is 12.8 Å². The number of aliphatic hydroxyl groups excluding tert-OH is 1. The summed E-state index contributed by atoms with van der Waals surface area (Å²) in [4.78, 5) is 1.72. The number of hydrogen-bond donors (Lipinski definition) is 1. The number of fused-ring (bicyclic) bond motifs is 3. The lowest BCUT2D eigenvalue weighted by atomic mass is 9.81. The largest absolute Gasteiger partial charge is 0.497 e. The minimum atomic E-state index is -4.08. The molecule has 2 aliphatic heterocycles. The lowest BCUT2D eigenvalue weighted by Crippen LogP contribution is -2.48. The number of sulfonamides is 1. The maximum absolute atomic E-state index is 14.5. The predicted molar refractivity (Wildman–Crippen MR) is 129 cm³/mol. The van der Waals surface area contributed by atoms with Gasteiger partial charge in [-0.3, -0.25) is 0 Å². The molecular weight excluding hydrogens is 455 g/mol. The van der Waals surface area contributed by atoms with Gasteiger partial charge in [0, 0.05) is 25.2 Å². The Labute approximate surface area is 199 Å². The van der Waals surface area contributed by atoms with Crippen molar-refractivity contribution < 1.29 is 22.7 Å². The first kappa shape index (κ1) is 22.8. The van der Waals surface area contributed by atoms with Crippen LogP contribution < -0.4 is 9.64 Å². The number of methoxy groups -OCH3 is 1. The van der Waals surface area contributed by atoms with E-state index in [4.69, 9.17) is 4.74 Å². The summed E-state index contributed by atoms with van der Waals surface area (Å²) < 4.78 is 48.5. The predicted octanol–water partition coefficient (Wildman–Crippen LogP) is 4.06. The molecule has 0 spiro atoms. The summed E-state index contributed by atoms with van der Waals surface area (Å²) in [6, 6.07) is 18.5. The molecule has 3 aromatic carbocycles. The van der Waals surface area contributed by atoms with E-state index in [-0.39, 0.29) is 30.0 Å². The minimum Gasteiger partial charge on any atom is -0.497 e. The molecule has 1 N–H and O–H groups in total. The summed E-state index contributed by atoms with van der Waals surface area (Å²) in [5.74, 6) is -0.120. The molecule has 8 heteroatoms. The van der Waals surface area contributed by atoms with Crippen molar-refractivity contribution in [3.05, 3.63) is 78.1 Å². The average Bonchev–Trinajstić information content (AvgIpc) is 3.30. The van der Waals surface area contributed by atoms with Crippen molar-refractivity contribution in [2.45, 2.75) is 23.4 Å². The summed E-state index contributed by atoms with van der Waals surface area (Å²) in [6.45, 7) is 0.174. The summed E-state index contributed by atoms with van der Waals surface area (Å²) in [6.07, 6.45) is 0.583. The second-order valence-electron chi connectivity index (χ2n) is 8.81. The average molecular weight is 483 g/mol. The Balaban J connectivity index is 1.64. The van der Waals surface area contributed by atoms with Crippen LogP contribution in [0, 0.1) is 11.7 Å². The van der Waals surface area contributed by atoms with Gasteiger partial charge in [-0.05, 0) is 59.5 Å². The van der Waals surface area contributed by atoms with Crippen LogP contribution in [0.1, 0.15) is 18.0 Å². The standard InChI is InChI=1S/C26H27FN2O4S/c1-28-23-12-9-18(17-7-10-19(33-2)11-8-17)15-21(23)26-20(24(28)16-30)13-14-29(26)34(31,32)25-6-4-3-5-22(25)27/h3-12,15,20,24,26,30H,13-14,16H2,1-2H3/t20-,24-,26-/m0/s1. The van der Waals surface area contributed by atoms with Crippen LogP contribution >= 0.6 is 0 Å². The summed E-state index contributed by atoms with van der Waals surface area (Å²) >= 11 is 0. The molecule has 2 aliphatic rings. The molecule has 0 radical (unpaired) electrons.